The quantitative estimate of drug-likeness (QED) is 0.401. The molecule has 0 saturated carbocycles. The minimum Gasteiger partial charge on any atom is -0.223 e. The molecule has 0 spiro atoms. The molecule has 0 aromatic rings. The summed E-state index contributed by atoms with van der Waals surface area (Å²) in [5.41, 5.74) is -3.71. The molecule has 0 aliphatic carbocycles. The smallest absolute Gasteiger partial charge is 0.223 e. The maximum Gasteiger partial charge on any atom is 0.346 e. The molecule has 1 unspecified atom stereocenters. The van der Waals surface area contributed by atoms with Crippen molar-refractivity contribution in [2.75, 3.05) is 0 Å². The highest BCUT2D eigenvalue weighted by Gasteiger charge is 2.47. The zero-order chi connectivity index (χ0) is 12.4. The molecular formula is C6HClF8. The van der Waals surface area contributed by atoms with Gasteiger partial charge in [-0.1, -0.05) is 11.6 Å². The fraction of sp³-hybridized carbons (Fsp3) is 0.333. The zero-order valence-electron chi connectivity index (χ0n) is 6.48. The Hall–Kier alpha value is -0.790. The highest BCUT2D eigenvalue weighted by Crippen LogP contribution is 2.38. The van der Waals surface area contributed by atoms with Crippen molar-refractivity contribution in [2.24, 2.45) is 0 Å². The second-order valence-corrected chi connectivity index (χ2v) is 2.51. The SMILES string of the molecule is FC(F)=C(F)C(F)=C(F)C(F)(F)C(F)Cl. The summed E-state index contributed by atoms with van der Waals surface area (Å²) in [6.45, 7) is 0. The molecule has 0 aliphatic heterocycles. The number of alkyl halides is 4. The first-order chi connectivity index (χ1) is 6.62. The Morgan fingerprint density at radius 2 is 1.33 bits per heavy atom. The maximum atomic E-state index is 12.3. The molecule has 88 valence electrons. The maximum absolute atomic E-state index is 12.3. The Morgan fingerprint density at radius 1 is 0.933 bits per heavy atom. The third-order valence-corrected chi connectivity index (χ3v) is 1.39. The van der Waals surface area contributed by atoms with Crippen molar-refractivity contribution in [3.05, 3.63) is 23.6 Å². The average molecular weight is 261 g/mol. The van der Waals surface area contributed by atoms with E-state index in [1.807, 2.05) is 0 Å². The summed E-state index contributed by atoms with van der Waals surface area (Å²) in [4.78, 5) is 0. The molecule has 0 rings (SSSR count). The molecule has 0 aromatic carbocycles. The second-order valence-electron chi connectivity index (χ2n) is 2.13. The normalized spacial score (nSPS) is 15.8. The first kappa shape index (κ1) is 14.2. The minimum atomic E-state index is -5.22. The van der Waals surface area contributed by atoms with Crippen molar-refractivity contribution in [1.82, 2.24) is 0 Å². The van der Waals surface area contributed by atoms with Crippen molar-refractivity contribution in [1.29, 1.82) is 0 Å². The van der Waals surface area contributed by atoms with Gasteiger partial charge in [0, 0.05) is 0 Å². The van der Waals surface area contributed by atoms with Crippen molar-refractivity contribution >= 4 is 11.6 Å². The van der Waals surface area contributed by atoms with Crippen molar-refractivity contribution in [2.45, 2.75) is 11.6 Å². The molecule has 0 heterocycles. The summed E-state index contributed by atoms with van der Waals surface area (Å²) in [7, 11) is 0. The van der Waals surface area contributed by atoms with E-state index in [-0.39, 0.29) is 0 Å². The number of allylic oxidation sites excluding steroid dienone is 3. The number of hydrogen-bond acceptors (Lipinski definition) is 0. The van der Waals surface area contributed by atoms with Crippen LogP contribution in [0.2, 0.25) is 0 Å². The van der Waals surface area contributed by atoms with Gasteiger partial charge in [-0.25, -0.2) is 13.2 Å². The van der Waals surface area contributed by atoms with Crippen LogP contribution in [0.1, 0.15) is 0 Å². The van der Waals surface area contributed by atoms with E-state index in [4.69, 9.17) is 0 Å². The molecule has 0 bridgehead atoms. The van der Waals surface area contributed by atoms with Crippen LogP contribution in [0.25, 0.3) is 0 Å². The van der Waals surface area contributed by atoms with Gasteiger partial charge in [0.25, 0.3) is 0 Å². The molecule has 0 nitrogen and oxygen atoms in total. The lowest BCUT2D eigenvalue weighted by Crippen LogP contribution is -2.27. The van der Waals surface area contributed by atoms with E-state index in [1.165, 1.54) is 0 Å². The molecule has 0 fully saturated rings. The second kappa shape index (κ2) is 4.82. The number of rotatable bonds is 3. The van der Waals surface area contributed by atoms with E-state index < -0.39 is 35.1 Å². The number of hydrogen-bond donors (Lipinski definition) is 0. The molecule has 9 heteroatoms. The fourth-order valence-corrected chi connectivity index (χ4v) is 0.517. The molecule has 0 saturated heterocycles. The Labute approximate surface area is 82.8 Å². The van der Waals surface area contributed by atoms with Gasteiger partial charge in [-0.15, -0.1) is 0 Å². The summed E-state index contributed by atoms with van der Waals surface area (Å²) in [5, 5.41) is 0. The van der Waals surface area contributed by atoms with Crippen LogP contribution < -0.4 is 0 Å². The Morgan fingerprint density at radius 3 is 1.60 bits per heavy atom. The predicted molar refractivity (Wildman–Crippen MR) is 35.3 cm³/mol. The van der Waals surface area contributed by atoms with Crippen molar-refractivity contribution < 1.29 is 35.1 Å². The van der Waals surface area contributed by atoms with Crippen LogP contribution in [0.5, 0.6) is 0 Å². The Balaban J connectivity index is 5.39. The standard InChI is InChI=1S/C6HClF8/c7-5(13)6(14,15)3(10)1(8)2(9)4(11)12/h5H. The molecule has 1 atom stereocenters. The van der Waals surface area contributed by atoms with E-state index in [1.54, 1.807) is 0 Å². The van der Waals surface area contributed by atoms with Gasteiger partial charge in [0.05, 0.1) is 0 Å². The zero-order valence-corrected chi connectivity index (χ0v) is 7.23. The average Bonchev–Trinajstić information content (AvgIpc) is 2.13. The van der Waals surface area contributed by atoms with Gasteiger partial charge in [-0.05, 0) is 0 Å². The summed E-state index contributed by atoms with van der Waals surface area (Å²) in [6, 6.07) is 0. The van der Waals surface area contributed by atoms with Gasteiger partial charge >= 0.3 is 12.0 Å². The summed E-state index contributed by atoms with van der Waals surface area (Å²) < 4.78 is 95.2. The third kappa shape index (κ3) is 3.08. The first-order valence-corrected chi connectivity index (χ1v) is 3.48. The summed E-state index contributed by atoms with van der Waals surface area (Å²) in [5.74, 6) is -14.9. The lowest BCUT2D eigenvalue weighted by atomic mass is 10.2. The highest BCUT2D eigenvalue weighted by atomic mass is 35.5. The van der Waals surface area contributed by atoms with Gasteiger partial charge in [0.1, 0.15) is 0 Å². The van der Waals surface area contributed by atoms with Crippen LogP contribution in [-0.2, 0) is 0 Å². The fourth-order valence-electron chi connectivity index (χ4n) is 0.421. The third-order valence-electron chi connectivity index (χ3n) is 1.12. The first-order valence-electron chi connectivity index (χ1n) is 3.05. The van der Waals surface area contributed by atoms with Crippen LogP contribution in [0.4, 0.5) is 35.1 Å². The minimum absolute atomic E-state index is 3.13. The van der Waals surface area contributed by atoms with Crippen molar-refractivity contribution in [3.8, 4) is 0 Å². The molecular weight excluding hydrogens is 260 g/mol. The van der Waals surface area contributed by atoms with Gasteiger partial charge in [0.2, 0.25) is 23.1 Å². The van der Waals surface area contributed by atoms with E-state index in [0.29, 0.717) is 0 Å². The van der Waals surface area contributed by atoms with Crippen LogP contribution in [-0.4, -0.2) is 11.6 Å². The largest absolute Gasteiger partial charge is 0.346 e. The molecule has 0 aliphatic rings. The van der Waals surface area contributed by atoms with E-state index >= 15 is 0 Å². The van der Waals surface area contributed by atoms with Crippen LogP contribution in [0, 0.1) is 0 Å². The van der Waals surface area contributed by atoms with E-state index in [0.717, 1.165) is 0 Å². The van der Waals surface area contributed by atoms with Crippen LogP contribution >= 0.6 is 11.6 Å². The van der Waals surface area contributed by atoms with E-state index in [9.17, 15) is 35.1 Å². The van der Waals surface area contributed by atoms with Gasteiger partial charge < -0.3 is 0 Å². The lowest BCUT2D eigenvalue weighted by molar-refractivity contribution is -0.0261. The molecule has 0 amide bonds. The summed E-state index contributed by atoms with van der Waals surface area (Å²) >= 11 is 4.11. The van der Waals surface area contributed by atoms with Crippen LogP contribution in [0.15, 0.2) is 23.6 Å². The monoisotopic (exact) mass is 260 g/mol. The number of halogens is 9. The molecule has 15 heavy (non-hydrogen) atoms. The van der Waals surface area contributed by atoms with Gasteiger partial charge in [-0.3, -0.25) is 0 Å². The molecule has 0 N–H and O–H groups in total. The predicted octanol–water partition coefficient (Wildman–Crippen LogP) is 4.38. The van der Waals surface area contributed by atoms with Crippen LogP contribution in [0.3, 0.4) is 0 Å². The van der Waals surface area contributed by atoms with Gasteiger partial charge in [-0.2, -0.15) is 22.0 Å². The Kier molecular flexibility index (Phi) is 4.57. The lowest BCUT2D eigenvalue weighted by Gasteiger charge is -2.13. The topological polar surface area (TPSA) is 0 Å². The Bertz CT molecular complexity index is 300. The van der Waals surface area contributed by atoms with Crippen molar-refractivity contribution in [3.63, 3.8) is 0 Å². The van der Waals surface area contributed by atoms with E-state index in [2.05, 4.69) is 11.6 Å². The highest BCUT2D eigenvalue weighted by molar-refractivity contribution is 6.20. The summed E-state index contributed by atoms with van der Waals surface area (Å²) in [6.07, 6.45) is -3.36. The molecule has 0 radical (unpaired) electrons. The van der Waals surface area contributed by atoms with Gasteiger partial charge in [0.15, 0.2) is 0 Å². The molecule has 0 aromatic heterocycles.